The second kappa shape index (κ2) is 3.23. The fourth-order valence-electron chi connectivity index (χ4n) is 2.56. The molecule has 0 unspecified atom stereocenters. The molecule has 0 radical (unpaired) electrons. The van der Waals surface area contributed by atoms with E-state index in [-0.39, 0.29) is 5.75 Å². The van der Waals surface area contributed by atoms with Gasteiger partial charge in [0.05, 0.1) is 0 Å². The van der Waals surface area contributed by atoms with Crippen LogP contribution in [0.5, 0.6) is 5.75 Å². The van der Waals surface area contributed by atoms with E-state index in [1.807, 2.05) is 18.3 Å². The maximum absolute atomic E-state index is 9.65. The second-order valence-electron chi connectivity index (χ2n) is 4.44. The Morgan fingerprint density at radius 3 is 2.78 bits per heavy atom. The van der Waals surface area contributed by atoms with E-state index in [1.165, 1.54) is 0 Å². The SMILES string of the molecule is Oc1ccc2[nH]c3ccc4cnccc4c3c2c1. The number of fused-ring (bicyclic) bond motifs is 5. The number of nitrogens with zero attached hydrogens (tertiary/aromatic N) is 1. The third-order valence-electron chi connectivity index (χ3n) is 3.36. The van der Waals surface area contributed by atoms with Gasteiger partial charge in [-0.05, 0) is 35.7 Å². The van der Waals surface area contributed by atoms with Crippen LogP contribution in [0.4, 0.5) is 0 Å². The molecular weight excluding hydrogens is 224 g/mol. The number of rotatable bonds is 0. The van der Waals surface area contributed by atoms with Gasteiger partial charge in [0.15, 0.2) is 0 Å². The molecule has 86 valence electrons. The van der Waals surface area contributed by atoms with Crippen molar-refractivity contribution >= 4 is 32.6 Å². The number of H-pyrrole nitrogens is 1. The van der Waals surface area contributed by atoms with Crippen molar-refractivity contribution in [2.75, 3.05) is 0 Å². The normalized spacial score (nSPS) is 11.6. The average molecular weight is 234 g/mol. The summed E-state index contributed by atoms with van der Waals surface area (Å²) in [5.74, 6) is 0.287. The summed E-state index contributed by atoms with van der Waals surface area (Å²) in [4.78, 5) is 7.51. The molecule has 0 aliphatic rings. The van der Waals surface area contributed by atoms with Gasteiger partial charge in [-0.1, -0.05) is 6.07 Å². The van der Waals surface area contributed by atoms with Crippen LogP contribution in [0, 0.1) is 0 Å². The van der Waals surface area contributed by atoms with E-state index < -0.39 is 0 Å². The van der Waals surface area contributed by atoms with Crippen LogP contribution in [0.1, 0.15) is 0 Å². The first kappa shape index (κ1) is 9.48. The van der Waals surface area contributed by atoms with Crippen molar-refractivity contribution in [1.29, 1.82) is 0 Å². The van der Waals surface area contributed by atoms with Crippen molar-refractivity contribution in [2.45, 2.75) is 0 Å². The first-order valence-corrected chi connectivity index (χ1v) is 5.80. The van der Waals surface area contributed by atoms with Crippen LogP contribution < -0.4 is 0 Å². The molecule has 4 aromatic rings. The molecule has 0 saturated carbocycles. The number of aromatic hydroxyl groups is 1. The summed E-state index contributed by atoms with van der Waals surface area (Å²) in [7, 11) is 0. The standard InChI is InChI=1S/C15H10N2O/c18-10-2-4-13-12(7-10)15-11-5-6-16-8-9(11)1-3-14(15)17-13/h1-8,17-18H. The molecule has 4 rings (SSSR count). The fraction of sp³-hybridized carbons (Fsp3) is 0. The van der Waals surface area contributed by atoms with Gasteiger partial charge >= 0.3 is 0 Å². The van der Waals surface area contributed by atoms with Crippen molar-refractivity contribution in [3.05, 3.63) is 48.8 Å². The monoisotopic (exact) mass is 234 g/mol. The Hall–Kier alpha value is -2.55. The Morgan fingerprint density at radius 2 is 1.83 bits per heavy atom. The molecule has 0 fully saturated rings. The Morgan fingerprint density at radius 1 is 0.944 bits per heavy atom. The third-order valence-corrected chi connectivity index (χ3v) is 3.36. The summed E-state index contributed by atoms with van der Waals surface area (Å²) in [5.41, 5.74) is 2.11. The lowest BCUT2D eigenvalue weighted by molar-refractivity contribution is 0.476. The molecule has 2 heterocycles. The van der Waals surface area contributed by atoms with Crippen LogP contribution in [0.15, 0.2) is 48.8 Å². The highest BCUT2D eigenvalue weighted by Crippen LogP contribution is 2.33. The second-order valence-corrected chi connectivity index (χ2v) is 4.44. The van der Waals surface area contributed by atoms with E-state index in [1.54, 1.807) is 18.3 Å². The lowest BCUT2D eigenvalue weighted by Gasteiger charge is -1.99. The highest BCUT2D eigenvalue weighted by molar-refractivity contribution is 6.20. The van der Waals surface area contributed by atoms with Crippen molar-refractivity contribution in [3.63, 3.8) is 0 Å². The van der Waals surface area contributed by atoms with E-state index >= 15 is 0 Å². The van der Waals surface area contributed by atoms with Crippen molar-refractivity contribution < 1.29 is 5.11 Å². The molecule has 3 heteroatoms. The molecule has 2 aromatic heterocycles. The van der Waals surface area contributed by atoms with Crippen molar-refractivity contribution in [3.8, 4) is 5.75 Å². The minimum atomic E-state index is 0.287. The molecule has 0 amide bonds. The summed E-state index contributed by atoms with van der Waals surface area (Å²) in [5, 5.41) is 14.1. The Labute approximate surface area is 103 Å². The lowest BCUT2D eigenvalue weighted by Crippen LogP contribution is -1.76. The number of nitrogens with one attached hydrogen (secondary N) is 1. The van der Waals surface area contributed by atoms with Crippen LogP contribution in [0.3, 0.4) is 0 Å². The van der Waals surface area contributed by atoms with Crippen LogP contribution in [0.2, 0.25) is 0 Å². The molecule has 0 atom stereocenters. The van der Waals surface area contributed by atoms with E-state index in [9.17, 15) is 5.11 Å². The fourth-order valence-corrected chi connectivity index (χ4v) is 2.56. The number of aromatic amines is 1. The summed E-state index contributed by atoms with van der Waals surface area (Å²) in [6.07, 6.45) is 3.65. The van der Waals surface area contributed by atoms with Gasteiger partial charge in [-0.25, -0.2) is 0 Å². The van der Waals surface area contributed by atoms with Crippen molar-refractivity contribution in [2.24, 2.45) is 0 Å². The van der Waals surface area contributed by atoms with Gasteiger partial charge in [0.2, 0.25) is 0 Å². The average Bonchev–Trinajstić information content (AvgIpc) is 2.77. The summed E-state index contributed by atoms with van der Waals surface area (Å²) in [6, 6.07) is 11.5. The number of phenolic OH excluding ortho intramolecular Hbond substituents is 1. The predicted octanol–water partition coefficient (Wildman–Crippen LogP) is 3.57. The van der Waals surface area contributed by atoms with E-state index in [2.05, 4.69) is 22.1 Å². The molecule has 2 N–H and O–H groups in total. The largest absolute Gasteiger partial charge is 0.508 e. The number of benzene rings is 2. The minimum Gasteiger partial charge on any atom is -0.508 e. The summed E-state index contributed by atoms with van der Waals surface area (Å²) >= 11 is 0. The zero-order chi connectivity index (χ0) is 12.1. The lowest BCUT2D eigenvalue weighted by atomic mass is 10.1. The Kier molecular flexibility index (Phi) is 1.70. The number of hydrogen-bond donors (Lipinski definition) is 2. The molecule has 2 aromatic carbocycles. The van der Waals surface area contributed by atoms with Gasteiger partial charge in [-0.2, -0.15) is 0 Å². The molecular formula is C15H10N2O. The van der Waals surface area contributed by atoms with Crippen LogP contribution in [0.25, 0.3) is 32.6 Å². The molecule has 0 aliphatic heterocycles. The molecule has 0 aliphatic carbocycles. The predicted molar refractivity (Wildman–Crippen MR) is 72.8 cm³/mol. The highest BCUT2D eigenvalue weighted by atomic mass is 16.3. The molecule has 0 bridgehead atoms. The quantitative estimate of drug-likeness (QED) is 0.488. The number of phenols is 1. The Bertz CT molecular complexity index is 893. The van der Waals surface area contributed by atoms with Crippen LogP contribution in [-0.2, 0) is 0 Å². The van der Waals surface area contributed by atoms with Gasteiger partial charge in [0.25, 0.3) is 0 Å². The van der Waals surface area contributed by atoms with Gasteiger partial charge in [-0.3, -0.25) is 4.98 Å². The number of pyridine rings is 1. The Balaban J connectivity index is 2.35. The smallest absolute Gasteiger partial charge is 0.116 e. The first-order valence-electron chi connectivity index (χ1n) is 5.80. The first-order chi connectivity index (χ1) is 8.83. The zero-order valence-corrected chi connectivity index (χ0v) is 9.51. The van der Waals surface area contributed by atoms with Crippen LogP contribution in [-0.4, -0.2) is 15.1 Å². The highest BCUT2D eigenvalue weighted by Gasteiger charge is 2.08. The van der Waals surface area contributed by atoms with Crippen molar-refractivity contribution in [1.82, 2.24) is 9.97 Å². The van der Waals surface area contributed by atoms with Gasteiger partial charge < -0.3 is 10.1 Å². The summed E-state index contributed by atoms with van der Waals surface area (Å²) < 4.78 is 0. The zero-order valence-electron chi connectivity index (χ0n) is 9.51. The van der Waals surface area contributed by atoms with Gasteiger partial charge in [0.1, 0.15) is 5.75 Å². The minimum absolute atomic E-state index is 0.287. The van der Waals surface area contributed by atoms with Crippen LogP contribution >= 0.6 is 0 Å². The molecule has 18 heavy (non-hydrogen) atoms. The number of aromatic nitrogens is 2. The molecule has 0 spiro atoms. The van der Waals surface area contributed by atoms with E-state index in [0.717, 1.165) is 32.6 Å². The van der Waals surface area contributed by atoms with E-state index in [4.69, 9.17) is 0 Å². The molecule has 3 nitrogen and oxygen atoms in total. The van der Waals surface area contributed by atoms with Gasteiger partial charge in [0, 0.05) is 39.6 Å². The molecule has 0 saturated heterocycles. The van der Waals surface area contributed by atoms with Gasteiger partial charge in [-0.15, -0.1) is 0 Å². The third kappa shape index (κ3) is 1.16. The topological polar surface area (TPSA) is 48.9 Å². The summed E-state index contributed by atoms with van der Waals surface area (Å²) in [6.45, 7) is 0. The maximum atomic E-state index is 9.65. The maximum Gasteiger partial charge on any atom is 0.116 e. The number of hydrogen-bond acceptors (Lipinski definition) is 2. The van der Waals surface area contributed by atoms with E-state index in [0.29, 0.717) is 0 Å².